The van der Waals surface area contributed by atoms with Crippen LogP contribution in [0.2, 0.25) is 0 Å². The number of guanidine groups is 1. The van der Waals surface area contributed by atoms with Crippen LogP contribution in [-0.2, 0) is 0 Å². The van der Waals surface area contributed by atoms with Gasteiger partial charge in [0, 0.05) is 5.39 Å². The summed E-state index contributed by atoms with van der Waals surface area (Å²) >= 11 is 0. The minimum Gasteiger partial charge on any atom is -0.370 e. The molecular formula is C8H9N5. The number of nitrogens with one attached hydrogen (secondary N) is 1. The predicted molar refractivity (Wildman–Crippen MR) is 51.6 cm³/mol. The molecule has 0 saturated carbocycles. The predicted octanol–water partition coefficient (Wildman–Crippen LogP) is 0.468. The van der Waals surface area contributed by atoms with Crippen LogP contribution in [0.4, 0.5) is 5.69 Å². The summed E-state index contributed by atoms with van der Waals surface area (Å²) in [5, 5.41) is 7.71. The number of nitrogens with zero attached hydrogens (tertiary/aromatic N) is 2. The molecule has 0 aliphatic heterocycles. The molecule has 1 aromatic heterocycles. The molecule has 0 radical (unpaired) electrons. The number of benzene rings is 1. The van der Waals surface area contributed by atoms with Crippen molar-refractivity contribution < 1.29 is 0 Å². The van der Waals surface area contributed by atoms with Crippen molar-refractivity contribution in [3.05, 3.63) is 24.4 Å². The van der Waals surface area contributed by atoms with Gasteiger partial charge >= 0.3 is 0 Å². The van der Waals surface area contributed by atoms with Crippen molar-refractivity contribution in [2.24, 2.45) is 16.5 Å². The van der Waals surface area contributed by atoms with Crippen molar-refractivity contribution in [1.29, 1.82) is 0 Å². The smallest absolute Gasteiger partial charge is 0.191 e. The van der Waals surface area contributed by atoms with Crippen molar-refractivity contribution in [2.75, 3.05) is 0 Å². The maximum atomic E-state index is 5.25. The van der Waals surface area contributed by atoms with Gasteiger partial charge in [-0.3, -0.25) is 5.10 Å². The van der Waals surface area contributed by atoms with Gasteiger partial charge in [-0.1, -0.05) is 0 Å². The van der Waals surface area contributed by atoms with E-state index in [0.29, 0.717) is 0 Å². The van der Waals surface area contributed by atoms with E-state index in [0.717, 1.165) is 16.6 Å². The Morgan fingerprint density at radius 3 is 3.00 bits per heavy atom. The molecule has 0 bridgehead atoms. The van der Waals surface area contributed by atoms with Crippen LogP contribution < -0.4 is 11.5 Å². The van der Waals surface area contributed by atoms with Gasteiger partial charge in [0.05, 0.1) is 17.4 Å². The number of hydrogen-bond acceptors (Lipinski definition) is 2. The molecule has 0 atom stereocenters. The number of hydrogen-bond donors (Lipinski definition) is 3. The molecule has 13 heavy (non-hydrogen) atoms. The fourth-order valence-corrected chi connectivity index (χ4v) is 1.15. The molecule has 0 saturated heterocycles. The fourth-order valence-electron chi connectivity index (χ4n) is 1.15. The fraction of sp³-hybridized carbons (Fsp3) is 0. The number of aliphatic imine (C=N–C) groups is 1. The Kier molecular flexibility index (Phi) is 1.63. The Labute approximate surface area is 74.5 Å². The van der Waals surface area contributed by atoms with Gasteiger partial charge in [-0.15, -0.1) is 0 Å². The monoisotopic (exact) mass is 175 g/mol. The number of H-pyrrole nitrogens is 1. The highest BCUT2D eigenvalue weighted by Gasteiger charge is 1.96. The number of aromatic amines is 1. The quantitative estimate of drug-likeness (QED) is 0.434. The Morgan fingerprint density at radius 1 is 1.38 bits per heavy atom. The summed E-state index contributed by atoms with van der Waals surface area (Å²) in [5.74, 6) is 0.0582. The highest BCUT2D eigenvalue weighted by Crippen LogP contribution is 2.18. The van der Waals surface area contributed by atoms with Gasteiger partial charge in [-0.2, -0.15) is 5.10 Å². The maximum Gasteiger partial charge on any atom is 0.191 e. The van der Waals surface area contributed by atoms with Crippen molar-refractivity contribution in [1.82, 2.24) is 10.2 Å². The molecular weight excluding hydrogens is 166 g/mol. The van der Waals surface area contributed by atoms with E-state index in [1.807, 2.05) is 18.2 Å². The molecule has 0 fully saturated rings. The van der Waals surface area contributed by atoms with E-state index < -0.39 is 0 Å². The zero-order chi connectivity index (χ0) is 9.26. The average molecular weight is 175 g/mol. The molecule has 5 N–H and O–H groups in total. The van der Waals surface area contributed by atoms with Gasteiger partial charge in [0.15, 0.2) is 5.96 Å². The Hall–Kier alpha value is -2.04. The standard InChI is InChI=1S/C8H9N5/c9-8(10)12-6-1-2-7-5(3-6)4-11-13-7/h1-4H,(H,11,13)(H4,9,10,12). The van der Waals surface area contributed by atoms with Gasteiger partial charge in [-0.25, -0.2) is 4.99 Å². The zero-order valence-electron chi connectivity index (χ0n) is 6.86. The van der Waals surface area contributed by atoms with Crippen molar-refractivity contribution in [3.8, 4) is 0 Å². The lowest BCUT2D eigenvalue weighted by molar-refractivity contribution is 1.12. The number of rotatable bonds is 1. The molecule has 1 heterocycles. The molecule has 1 aromatic carbocycles. The van der Waals surface area contributed by atoms with Crippen LogP contribution >= 0.6 is 0 Å². The average Bonchev–Trinajstić information content (AvgIpc) is 2.49. The maximum absolute atomic E-state index is 5.25. The summed E-state index contributed by atoms with van der Waals surface area (Å²) in [5.41, 5.74) is 12.2. The third kappa shape index (κ3) is 1.44. The molecule has 0 aliphatic carbocycles. The largest absolute Gasteiger partial charge is 0.370 e. The molecule has 0 spiro atoms. The van der Waals surface area contributed by atoms with E-state index in [1.54, 1.807) is 6.20 Å². The Bertz CT molecular complexity index is 452. The third-order valence-electron chi connectivity index (χ3n) is 1.68. The molecule has 2 rings (SSSR count). The van der Waals surface area contributed by atoms with E-state index in [9.17, 15) is 0 Å². The zero-order valence-corrected chi connectivity index (χ0v) is 6.86. The molecule has 5 nitrogen and oxygen atoms in total. The second kappa shape index (κ2) is 2.78. The van der Waals surface area contributed by atoms with E-state index in [-0.39, 0.29) is 5.96 Å². The summed E-state index contributed by atoms with van der Waals surface area (Å²) in [7, 11) is 0. The van der Waals surface area contributed by atoms with Crippen LogP contribution in [0.5, 0.6) is 0 Å². The van der Waals surface area contributed by atoms with Gasteiger partial charge < -0.3 is 11.5 Å². The topological polar surface area (TPSA) is 93.1 Å². The van der Waals surface area contributed by atoms with Crippen molar-refractivity contribution in [3.63, 3.8) is 0 Å². The summed E-state index contributed by atoms with van der Waals surface area (Å²) in [6, 6.07) is 5.56. The highest BCUT2D eigenvalue weighted by atomic mass is 15.1. The van der Waals surface area contributed by atoms with Gasteiger partial charge in [0.2, 0.25) is 0 Å². The molecule has 0 amide bonds. The molecule has 66 valence electrons. The first-order valence-electron chi connectivity index (χ1n) is 3.78. The second-order valence-corrected chi connectivity index (χ2v) is 2.68. The lowest BCUT2D eigenvalue weighted by Gasteiger charge is -1.94. The van der Waals surface area contributed by atoms with Crippen LogP contribution in [0.1, 0.15) is 0 Å². The minimum absolute atomic E-state index is 0.0582. The number of nitrogens with two attached hydrogens (primary N) is 2. The van der Waals surface area contributed by atoms with Crippen LogP contribution in [0.3, 0.4) is 0 Å². The first-order chi connectivity index (χ1) is 6.25. The molecule has 5 heteroatoms. The Morgan fingerprint density at radius 2 is 2.23 bits per heavy atom. The third-order valence-corrected chi connectivity index (χ3v) is 1.68. The first-order valence-corrected chi connectivity index (χ1v) is 3.78. The second-order valence-electron chi connectivity index (χ2n) is 2.68. The molecule has 0 unspecified atom stereocenters. The minimum atomic E-state index is 0.0582. The number of aromatic nitrogens is 2. The Balaban J connectivity index is 2.54. The van der Waals surface area contributed by atoms with Gasteiger partial charge in [0.25, 0.3) is 0 Å². The summed E-state index contributed by atoms with van der Waals surface area (Å²) in [4.78, 5) is 3.92. The van der Waals surface area contributed by atoms with Crippen molar-refractivity contribution >= 4 is 22.5 Å². The van der Waals surface area contributed by atoms with Gasteiger partial charge in [0.1, 0.15) is 0 Å². The van der Waals surface area contributed by atoms with E-state index in [1.165, 1.54) is 0 Å². The molecule has 2 aromatic rings. The number of fused-ring (bicyclic) bond motifs is 1. The van der Waals surface area contributed by atoms with E-state index >= 15 is 0 Å². The lowest BCUT2D eigenvalue weighted by atomic mass is 10.2. The van der Waals surface area contributed by atoms with Crippen molar-refractivity contribution in [2.45, 2.75) is 0 Å². The molecule has 0 aliphatic rings. The van der Waals surface area contributed by atoms with Crippen LogP contribution in [0.25, 0.3) is 10.9 Å². The SMILES string of the molecule is NC(N)=Nc1ccc2[nH]ncc2c1. The normalized spacial score (nSPS) is 10.2. The van der Waals surface area contributed by atoms with E-state index in [4.69, 9.17) is 11.5 Å². The van der Waals surface area contributed by atoms with Crippen LogP contribution in [0, 0.1) is 0 Å². The highest BCUT2D eigenvalue weighted by molar-refractivity contribution is 5.84. The summed E-state index contributed by atoms with van der Waals surface area (Å²) in [6.45, 7) is 0. The van der Waals surface area contributed by atoms with Crippen LogP contribution in [-0.4, -0.2) is 16.2 Å². The summed E-state index contributed by atoms with van der Waals surface area (Å²) in [6.07, 6.45) is 1.72. The summed E-state index contributed by atoms with van der Waals surface area (Å²) < 4.78 is 0. The van der Waals surface area contributed by atoms with Crippen LogP contribution in [0.15, 0.2) is 29.4 Å². The van der Waals surface area contributed by atoms with E-state index in [2.05, 4.69) is 15.2 Å². The first kappa shape index (κ1) is 7.60. The van der Waals surface area contributed by atoms with Gasteiger partial charge in [-0.05, 0) is 18.2 Å². The lowest BCUT2D eigenvalue weighted by Crippen LogP contribution is -2.21.